The molecule has 6 aromatic rings. The maximum Gasteiger partial charge on any atom is 0.472 e. The van der Waals surface area contributed by atoms with Crippen LogP contribution in [0.4, 0.5) is 41.7 Å². The van der Waals surface area contributed by atoms with E-state index in [9.17, 15) is 18.0 Å². The minimum atomic E-state index is -5.12. The predicted octanol–water partition coefficient (Wildman–Crippen LogP) is 7.60. The van der Waals surface area contributed by atoms with Gasteiger partial charge < -0.3 is 15.5 Å². The van der Waals surface area contributed by atoms with Gasteiger partial charge in [0.05, 0.1) is 22.8 Å². The topological polar surface area (TPSA) is 97.3 Å². The van der Waals surface area contributed by atoms with Gasteiger partial charge >= 0.3 is 12.1 Å². The zero-order chi connectivity index (χ0) is 27.9. The van der Waals surface area contributed by atoms with Crippen LogP contribution in [0.25, 0.3) is 33.2 Å². The molecule has 0 atom stereocenters. The van der Waals surface area contributed by atoms with Crippen molar-refractivity contribution in [3.8, 4) is 11.3 Å². The highest BCUT2D eigenvalue weighted by Crippen LogP contribution is 2.37. The summed E-state index contributed by atoms with van der Waals surface area (Å²) in [5.74, 6) is -1.67. The molecule has 3 N–H and O–H groups in total. The molecule has 0 aliphatic rings. The number of nitrogens with one attached hydrogen (secondary N) is 1. The summed E-state index contributed by atoms with van der Waals surface area (Å²) < 4.78 is 46.8. The molecule has 0 aliphatic carbocycles. The van der Waals surface area contributed by atoms with Gasteiger partial charge in [0, 0.05) is 28.1 Å². The van der Waals surface area contributed by atoms with Gasteiger partial charge in [-0.1, -0.05) is 48.5 Å². The van der Waals surface area contributed by atoms with Crippen LogP contribution >= 0.6 is 0 Å². The lowest BCUT2D eigenvalue weighted by atomic mass is 10.1. The molecule has 0 bridgehead atoms. The van der Waals surface area contributed by atoms with Crippen LogP contribution in [0, 0.1) is 0 Å². The average Bonchev–Trinajstić information content (AvgIpc) is 3.33. The number of alkyl halides is 3. The van der Waals surface area contributed by atoms with Crippen molar-refractivity contribution in [2.24, 2.45) is 0 Å². The first-order valence-corrected chi connectivity index (χ1v) is 12.1. The van der Waals surface area contributed by atoms with Crippen molar-refractivity contribution in [2.45, 2.75) is 6.18 Å². The number of carbonyl (C=O) groups excluding carboxylic acids is 1. The normalized spacial score (nSPS) is 11.6. The maximum atomic E-state index is 13.6. The molecule has 2 heterocycles. The molecule has 6 rings (SSSR count). The second-order valence-electron chi connectivity index (χ2n) is 8.94. The highest BCUT2D eigenvalue weighted by Gasteiger charge is 2.44. The molecule has 2 aromatic heterocycles. The van der Waals surface area contributed by atoms with Crippen LogP contribution in [0.2, 0.25) is 0 Å². The highest BCUT2D eigenvalue weighted by molar-refractivity contribution is 6.09. The third-order valence-corrected chi connectivity index (χ3v) is 6.35. The summed E-state index contributed by atoms with van der Waals surface area (Å²) in [5, 5.41) is 5.03. The standard InChI is InChI=1S/C30H20F3N5O2/c31-30(32,33)29(39)38(25-13-3-2-12-23(25)34)19-8-5-7-18(15-19)37-27-16-24(35-17-36-27)22-11-6-10-21-20-9-1-4-14-26(20)40-28(21)22/h1-17H,34H2,(H,35,36,37). The van der Waals surface area contributed by atoms with Crippen LogP contribution < -0.4 is 16.0 Å². The van der Waals surface area contributed by atoms with Crippen molar-refractivity contribution in [2.75, 3.05) is 16.0 Å². The van der Waals surface area contributed by atoms with E-state index in [0.717, 1.165) is 21.9 Å². The number of furan rings is 1. The summed E-state index contributed by atoms with van der Waals surface area (Å²) in [5.41, 5.74) is 9.04. The Labute approximate surface area is 225 Å². The van der Waals surface area contributed by atoms with E-state index in [1.54, 1.807) is 18.2 Å². The van der Waals surface area contributed by atoms with E-state index in [1.165, 1.54) is 42.7 Å². The Morgan fingerprint density at radius 3 is 2.42 bits per heavy atom. The molecule has 0 spiro atoms. The van der Waals surface area contributed by atoms with Crippen LogP contribution in [0.1, 0.15) is 0 Å². The van der Waals surface area contributed by atoms with Gasteiger partial charge in [0.2, 0.25) is 0 Å². The molecule has 0 aliphatic heterocycles. The lowest BCUT2D eigenvalue weighted by molar-refractivity contribution is -0.169. The lowest BCUT2D eigenvalue weighted by Gasteiger charge is -2.25. The number of rotatable bonds is 5. The zero-order valence-corrected chi connectivity index (χ0v) is 20.7. The van der Waals surface area contributed by atoms with Gasteiger partial charge in [0.25, 0.3) is 0 Å². The number of halogens is 3. The Kier molecular flexibility index (Phi) is 6.07. The molecule has 1 amide bonds. The van der Waals surface area contributed by atoms with Crippen LogP contribution in [0.3, 0.4) is 0 Å². The van der Waals surface area contributed by atoms with Crippen molar-refractivity contribution < 1.29 is 22.4 Å². The van der Waals surface area contributed by atoms with Gasteiger partial charge in [-0.15, -0.1) is 0 Å². The van der Waals surface area contributed by atoms with Crippen molar-refractivity contribution in [3.05, 3.63) is 103 Å². The van der Waals surface area contributed by atoms with E-state index in [2.05, 4.69) is 15.3 Å². The fourth-order valence-corrected chi connectivity index (χ4v) is 4.58. The molecule has 198 valence electrons. The van der Waals surface area contributed by atoms with Crippen molar-refractivity contribution in [1.29, 1.82) is 0 Å². The number of para-hydroxylation sites is 4. The molecule has 0 saturated heterocycles. The van der Waals surface area contributed by atoms with Crippen molar-refractivity contribution in [3.63, 3.8) is 0 Å². The zero-order valence-electron chi connectivity index (χ0n) is 20.7. The Morgan fingerprint density at radius 2 is 1.60 bits per heavy atom. The second-order valence-corrected chi connectivity index (χ2v) is 8.94. The second kappa shape index (κ2) is 9.73. The number of anilines is 5. The van der Waals surface area contributed by atoms with Gasteiger partial charge in [0.1, 0.15) is 23.3 Å². The summed E-state index contributed by atoms with van der Waals surface area (Å²) in [6, 6.07) is 27.1. The molecule has 0 saturated carbocycles. The van der Waals surface area contributed by atoms with E-state index in [4.69, 9.17) is 10.2 Å². The fraction of sp³-hybridized carbons (Fsp3) is 0.0333. The van der Waals surface area contributed by atoms with E-state index >= 15 is 0 Å². The molecule has 0 fully saturated rings. The minimum Gasteiger partial charge on any atom is -0.455 e. The first-order valence-electron chi connectivity index (χ1n) is 12.1. The van der Waals surface area contributed by atoms with Gasteiger partial charge in [-0.3, -0.25) is 9.69 Å². The van der Waals surface area contributed by atoms with E-state index in [-0.39, 0.29) is 17.1 Å². The molecule has 0 radical (unpaired) electrons. The van der Waals surface area contributed by atoms with Crippen molar-refractivity contribution >= 4 is 56.4 Å². The largest absolute Gasteiger partial charge is 0.472 e. The Balaban J connectivity index is 1.36. The number of amides is 1. The molecule has 7 nitrogen and oxygen atoms in total. The van der Waals surface area contributed by atoms with Crippen LogP contribution in [0.5, 0.6) is 0 Å². The van der Waals surface area contributed by atoms with E-state index < -0.39 is 12.1 Å². The number of fused-ring (bicyclic) bond motifs is 3. The number of carbonyl (C=O) groups is 1. The van der Waals surface area contributed by atoms with Gasteiger partial charge in [-0.05, 0) is 42.5 Å². The maximum absolute atomic E-state index is 13.6. The number of nitrogens with zero attached hydrogens (tertiary/aromatic N) is 3. The number of benzene rings is 4. The molecular weight excluding hydrogens is 519 g/mol. The first kappa shape index (κ1) is 24.9. The lowest BCUT2D eigenvalue weighted by Crippen LogP contribution is -2.38. The highest BCUT2D eigenvalue weighted by atomic mass is 19.4. The number of nitrogen functional groups attached to an aromatic ring is 1. The number of nitrogens with two attached hydrogens (primary N) is 1. The van der Waals surface area contributed by atoms with Crippen LogP contribution in [-0.2, 0) is 4.79 Å². The molecule has 10 heteroatoms. The van der Waals surface area contributed by atoms with Crippen LogP contribution in [-0.4, -0.2) is 22.1 Å². The third kappa shape index (κ3) is 4.55. The number of hydrogen-bond donors (Lipinski definition) is 2. The van der Waals surface area contributed by atoms with Crippen LogP contribution in [0.15, 0.2) is 108 Å². The van der Waals surface area contributed by atoms with E-state index in [1.807, 2.05) is 42.5 Å². The Morgan fingerprint density at radius 1 is 0.850 bits per heavy atom. The molecular formula is C30H20F3N5O2. The van der Waals surface area contributed by atoms with Gasteiger partial charge in [-0.25, -0.2) is 9.97 Å². The SMILES string of the molecule is Nc1ccccc1N(C(=O)C(F)(F)F)c1cccc(Nc2cc(-c3cccc4c3oc3ccccc34)ncn2)c1. The summed E-state index contributed by atoms with van der Waals surface area (Å²) in [7, 11) is 0. The average molecular weight is 540 g/mol. The third-order valence-electron chi connectivity index (χ3n) is 6.35. The van der Waals surface area contributed by atoms with E-state index in [0.29, 0.717) is 27.7 Å². The molecule has 0 unspecified atom stereocenters. The summed E-state index contributed by atoms with van der Waals surface area (Å²) in [4.78, 5) is 21.7. The Hall–Kier alpha value is -5.38. The Bertz CT molecular complexity index is 1880. The summed E-state index contributed by atoms with van der Waals surface area (Å²) in [6.07, 6.45) is -3.74. The first-order chi connectivity index (χ1) is 19.3. The smallest absolute Gasteiger partial charge is 0.455 e. The van der Waals surface area contributed by atoms with Gasteiger partial charge in [-0.2, -0.15) is 13.2 Å². The monoisotopic (exact) mass is 539 g/mol. The fourth-order valence-electron chi connectivity index (χ4n) is 4.58. The number of aromatic nitrogens is 2. The quantitative estimate of drug-likeness (QED) is 0.219. The van der Waals surface area contributed by atoms with Crippen molar-refractivity contribution in [1.82, 2.24) is 9.97 Å². The summed E-state index contributed by atoms with van der Waals surface area (Å²) in [6.45, 7) is 0. The van der Waals surface area contributed by atoms with Gasteiger partial charge in [0.15, 0.2) is 0 Å². The number of hydrogen-bond acceptors (Lipinski definition) is 6. The summed E-state index contributed by atoms with van der Waals surface area (Å²) >= 11 is 0. The molecule has 40 heavy (non-hydrogen) atoms. The predicted molar refractivity (Wildman–Crippen MR) is 149 cm³/mol. The molecule has 4 aromatic carbocycles. The minimum absolute atomic E-state index is 0.0217.